The third-order valence-corrected chi connectivity index (χ3v) is 1.56. The second kappa shape index (κ2) is 2.53. The van der Waals surface area contributed by atoms with Crippen molar-refractivity contribution in [1.29, 1.82) is 0 Å². The van der Waals surface area contributed by atoms with E-state index in [9.17, 15) is 0 Å². The van der Waals surface area contributed by atoms with Crippen LogP contribution in [0.2, 0.25) is 0 Å². The smallest absolute Gasteiger partial charge is 0.0180 e. The minimum atomic E-state index is 1.06. The molecule has 0 aromatic heterocycles. The fraction of sp³-hybridized carbons (Fsp3) is 0.125. The molecule has 0 aliphatic carbocycles. The zero-order valence-corrected chi connectivity index (χ0v) is 6.90. The first kappa shape index (κ1) is 6.81. The highest BCUT2D eigenvalue weighted by molar-refractivity contribution is 9.10. The predicted octanol–water partition coefficient (Wildman–Crippen LogP) is 2.94. The van der Waals surface area contributed by atoms with Crippen LogP contribution < -0.4 is 0 Å². The summed E-state index contributed by atoms with van der Waals surface area (Å²) in [6, 6.07) is 6.10. The Morgan fingerprint density at radius 3 is 2.44 bits per heavy atom. The summed E-state index contributed by atoms with van der Waals surface area (Å²) in [5.41, 5.74) is 2.30. The number of halogens is 1. The van der Waals surface area contributed by atoms with E-state index in [4.69, 9.17) is 0 Å². The summed E-state index contributed by atoms with van der Waals surface area (Å²) >= 11 is 3.37. The lowest BCUT2D eigenvalue weighted by Crippen LogP contribution is -1.74. The van der Waals surface area contributed by atoms with E-state index in [2.05, 4.69) is 35.8 Å². The van der Waals surface area contributed by atoms with E-state index in [0.29, 0.717) is 0 Å². The summed E-state index contributed by atoms with van der Waals surface area (Å²) in [4.78, 5) is 0. The van der Waals surface area contributed by atoms with Crippen molar-refractivity contribution in [3.63, 3.8) is 0 Å². The van der Waals surface area contributed by atoms with Crippen LogP contribution in [0, 0.1) is 13.8 Å². The van der Waals surface area contributed by atoms with Gasteiger partial charge in [-0.15, -0.1) is 0 Å². The molecular formula is C8H8Br. The van der Waals surface area contributed by atoms with Crippen molar-refractivity contribution in [1.82, 2.24) is 0 Å². The van der Waals surface area contributed by atoms with Gasteiger partial charge in [-0.25, -0.2) is 0 Å². The van der Waals surface area contributed by atoms with Crippen LogP contribution >= 0.6 is 15.9 Å². The van der Waals surface area contributed by atoms with Crippen LogP contribution in [0.25, 0.3) is 0 Å². The molecule has 1 aromatic carbocycles. The van der Waals surface area contributed by atoms with Crippen LogP contribution in [0.3, 0.4) is 0 Å². The van der Waals surface area contributed by atoms with E-state index in [-0.39, 0.29) is 0 Å². The lowest BCUT2D eigenvalue weighted by Gasteiger charge is -1.95. The average Bonchev–Trinajstić information content (AvgIpc) is 1.59. The average molecular weight is 184 g/mol. The minimum absolute atomic E-state index is 1.06. The first-order chi connectivity index (χ1) is 4.18. The molecule has 0 fully saturated rings. The molecule has 0 unspecified atom stereocenters. The molecule has 1 radical (unpaired) electrons. The van der Waals surface area contributed by atoms with Crippen LogP contribution in [0.4, 0.5) is 0 Å². The van der Waals surface area contributed by atoms with E-state index in [1.807, 2.05) is 12.1 Å². The molecule has 0 N–H and O–H groups in total. The van der Waals surface area contributed by atoms with E-state index in [1.54, 1.807) is 0 Å². The van der Waals surface area contributed by atoms with Crippen molar-refractivity contribution in [2.24, 2.45) is 0 Å². The van der Waals surface area contributed by atoms with Crippen molar-refractivity contribution in [2.75, 3.05) is 0 Å². The molecule has 0 amide bonds. The minimum Gasteiger partial charge on any atom is -0.0560 e. The first-order valence-electron chi connectivity index (χ1n) is 2.77. The van der Waals surface area contributed by atoms with Crippen LogP contribution in [-0.4, -0.2) is 0 Å². The standard InChI is InChI=1S/C8H8Br/c1-6-3-7(2)5-8(9)4-6/h3-5H,1H2,2H3. The molecule has 0 aliphatic rings. The van der Waals surface area contributed by atoms with E-state index in [0.717, 1.165) is 10.0 Å². The van der Waals surface area contributed by atoms with Crippen molar-refractivity contribution in [2.45, 2.75) is 6.92 Å². The molecule has 1 rings (SSSR count). The molecule has 0 saturated heterocycles. The number of aryl methyl sites for hydroxylation is 1. The molecule has 1 aromatic rings. The summed E-state index contributed by atoms with van der Waals surface area (Å²) in [6.07, 6.45) is 0. The Hall–Kier alpha value is -0.300. The Bertz CT molecular complexity index is 165. The van der Waals surface area contributed by atoms with Gasteiger partial charge in [-0.05, 0) is 37.1 Å². The van der Waals surface area contributed by atoms with Crippen molar-refractivity contribution < 1.29 is 0 Å². The third-order valence-electron chi connectivity index (χ3n) is 1.10. The summed E-state index contributed by atoms with van der Waals surface area (Å²) in [7, 11) is 0. The van der Waals surface area contributed by atoms with Crippen LogP contribution in [0.15, 0.2) is 22.7 Å². The van der Waals surface area contributed by atoms with Crippen LogP contribution in [0.5, 0.6) is 0 Å². The van der Waals surface area contributed by atoms with Gasteiger partial charge in [-0.3, -0.25) is 0 Å². The number of benzene rings is 1. The molecule has 47 valence electrons. The highest BCUT2D eigenvalue weighted by Gasteiger charge is 1.88. The van der Waals surface area contributed by atoms with E-state index in [1.165, 1.54) is 5.56 Å². The molecule has 0 nitrogen and oxygen atoms in total. The van der Waals surface area contributed by atoms with Gasteiger partial charge in [0.25, 0.3) is 0 Å². The van der Waals surface area contributed by atoms with Crippen molar-refractivity contribution >= 4 is 15.9 Å². The molecular weight excluding hydrogens is 176 g/mol. The number of hydrogen-bond acceptors (Lipinski definition) is 0. The molecule has 0 aliphatic heterocycles. The monoisotopic (exact) mass is 183 g/mol. The second-order valence-corrected chi connectivity index (χ2v) is 3.05. The largest absolute Gasteiger partial charge is 0.0560 e. The van der Waals surface area contributed by atoms with Gasteiger partial charge in [0.05, 0.1) is 0 Å². The quantitative estimate of drug-likeness (QED) is 0.581. The zero-order valence-electron chi connectivity index (χ0n) is 5.32. The molecule has 1 heteroatoms. The molecule has 9 heavy (non-hydrogen) atoms. The summed E-state index contributed by atoms with van der Waals surface area (Å²) in [5, 5.41) is 0. The van der Waals surface area contributed by atoms with Crippen molar-refractivity contribution in [3.05, 3.63) is 40.7 Å². The SMILES string of the molecule is [CH2]c1cc(C)cc(Br)c1. The van der Waals surface area contributed by atoms with Gasteiger partial charge < -0.3 is 0 Å². The van der Waals surface area contributed by atoms with Crippen LogP contribution in [0.1, 0.15) is 11.1 Å². The Morgan fingerprint density at radius 2 is 2.00 bits per heavy atom. The highest BCUT2D eigenvalue weighted by atomic mass is 79.9. The first-order valence-corrected chi connectivity index (χ1v) is 3.57. The predicted molar refractivity (Wildman–Crippen MR) is 43.3 cm³/mol. The molecule has 0 spiro atoms. The molecule has 0 bridgehead atoms. The van der Waals surface area contributed by atoms with Gasteiger partial charge in [-0.2, -0.15) is 0 Å². The Balaban J connectivity index is 3.17. The molecule has 0 atom stereocenters. The maximum atomic E-state index is 3.81. The maximum Gasteiger partial charge on any atom is 0.0180 e. The van der Waals surface area contributed by atoms with Gasteiger partial charge in [0.2, 0.25) is 0 Å². The van der Waals surface area contributed by atoms with Crippen molar-refractivity contribution in [3.8, 4) is 0 Å². The number of hydrogen-bond donors (Lipinski definition) is 0. The van der Waals surface area contributed by atoms with Gasteiger partial charge >= 0.3 is 0 Å². The van der Waals surface area contributed by atoms with Gasteiger partial charge in [0, 0.05) is 4.47 Å². The highest BCUT2D eigenvalue weighted by Crippen LogP contribution is 2.13. The maximum absolute atomic E-state index is 3.81. The fourth-order valence-electron chi connectivity index (χ4n) is 0.812. The topological polar surface area (TPSA) is 0 Å². The summed E-state index contributed by atoms with van der Waals surface area (Å²) in [5.74, 6) is 0. The Morgan fingerprint density at radius 1 is 1.33 bits per heavy atom. The van der Waals surface area contributed by atoms with E-state index < -0.39 is 0 Å². The second-order valence-electron chi connectivity index (χ2n) is 2.14. The zero-order chi connectivity index (χ0) is 6.85. The van der Waals surface area contributed by atoms with E-state index >= 15 is 0 Å². The number of rotatable bonds is 0. The Kier molecular flexibility index (Phi) is 1.91. The van der Waals surface area contributed by atoms with Crippen LogP contribution in [-0.2, 0) is 0 Å². The fourth-order valence-corrected chi connectivity index (χ4v) is 1.47. The van der Waals surface area contributed by atoms with Gasteiger partial charge in [0.1, 0.15) is 0 Å². The summed E-state index contributed by atoms with van der Waals surface area (Å²) < 4.78 is 1.10. The Labute approximate surface area is 64.0 Å². The molecule has 0 saturated carbocycles. The molecule has 0 heterocycles. The lowest BCUT2D eigenvalue weighted by atomic mass is 10.2. The normalized spacial score (nSPS) is 9.67. The third kappa shape index (κ3) is 1.83. The summed E-state index contributed by atoms with van der Waals surface area (Å²) in [6.45, 7) is 5.87. The van der Waals surface area contributed by atoms with Gasteiger partial charge in [0.15, 0.2) is 0 Å². The van der Waals surface area contributed by atoms with Gasteiger partial charge in [-0.1, -0.05) is 22.0 Å². The lowest BCUT2D eigenvalue weighted by molar-refractivity contribution is 1.42.